The summed E-state index contributed by atoms with van der Waals surface area (Å²) in [7, 11) is 1.84. The van der Waals surface area contributed by atoms with Crippen LogP contribution in [-0.4, -0.2) is 37.0 Å². The number of likely N-dealkylation sites (N-methyl/N-ethyl adjacent to an activating group) is 1. The second kappa shape index (κ2) is 5.83. The number of alkyl halides is 3. The van der Waals surface area contributed by atoms with E-state index in [2.05, 4.69) is 5.32 Å². The quantitative estimate of drug-likeness (QED) is 0.906. The fraction of sp³-hybridized carbons (Fsp3) is 0.500. The van der Waals surface area contributed by atoms with Gasteiger partial charge in [0, 0.05) is 24.7 Å². The van der Waals surface area contributed by atoms with E-state index in [0.29, 0.717) is 18.7 Å². The molecule has 1 aromatic carbocycles. The number of carbonyl (C=O) groups excluding carboxylic acids is 1. The number of hydrogen-bond donors (Lipinski definition) is 1. The summed E-state index contributed by atoms with van der Waals surface area (Å²) in [4.78, 5) is 13.9. The van der Waals surface area contributed by atoms with E-state index < -0.39 is 11.7 Å². The highest BCUT2D eigenvalue weighted by Gasteiger charge is 2.30. The van der Waals surface area contributed by atoms with Crippen molar-refractivity contribution in [2.24, 2.45) is 0 Å². The lowest BCUT2D eigenvalue weighted by molar-refractivity contribution is -0.137. The van der Waals surface area contributed by atoms with Gasteiger partial charge in [-0.3, -0.25) is 4.79 Å². The molecule has 1 N–H and O–H groups in total. The van der Waals surface area contributed by atoms with Crippen LogP contribution in [0.15, 0.2) is 24.3 Å². The van der Waals surface area contributed by atoms with Gasteiger partial charge in [0.15, 0.2) is 0 Å². The number of rotatable bonds is 2. The number of carbonyl (C=O) groups is 1. The van der Waals surface area contributed by atoms with Crippen LogP contribution in [0.3, 0.4) is 0 Å². The van der Waals surface area contributed by atoms with Gasteiger partial charge < -0.3 is 10.2 Å². The Labute approximate surface area is 115 Å². The summed E-state index contributed by atoms with van der Waals surface area (Å²) >= 11 is 0. The van der Waals surface area contributed by atoms with E-state index in [1.165, 1.54) is 12.1 Å². The van der Waals surface area contributed by atoms with Crippen LogP contribution in [0, 0.1) is 0 Å². The number of amides is 1. The van der Waals surface area contributed by atoms with Crippen LogP contribution in [-0.2, 0) is 6.18 Å². The van der Waals surface area contributed by atoms with Crippen molar-refractivity contribution in [3.05, 3.63) is 35.4 Å². The molecule has 1 aliphatic heterocycles. The second-order valence-corrected chi connectivity index (χ2v) is 4.95. The third-order valence-electron chi connectivity index (χ3n) is 3.58. The van der Waals surface area contributed by atoms with Gasteiger partial charge >= 0.3 is 6.18 Å². The molecule has 1 fully saturated rings. The van der Waals surface area contributed by atoms with E-state index >= 15 is 0 Å². The lowest BCUT2D eigenvalue weighted by Crippen LogP contribution is -2.46. The molecule has 2 rings (SSSR count). The zero-order chi connectivity index (χ0) is 14.8. The molecule has 0 saturated carbocycles. The number of piperidine rings is 1. The topological polar surface area (TPSA) is 32.3 Å². The minimum absolute atomic E-state index is 0.210. The van der Waals surface area contributed by atoms with Crippen LogP contribution < -0.4 is 5.32 Å². The Morgan fingerprint density at radius 3 is 2.50 bits per heavy atom. The minimum Gasteiger partial charge on any atom is -0.337 e. The summed E-state index contributed by atoms with van der Waals surface area (Å²) in [5.74, 6) is -0.210. The highest BCUT2D eigenvalue weighted by molar-refractivity contribution is 5.94. The highest BCUT2D eigenvalue weighted by Crippen LogP contribution is 2.29. The van der Waals surface area contributed by atoms with Gasteiger partial charge in [0.05, 0.1) is 5.56 Å². The zero-order valence-corrected chi connectivity index (χ0v) is 11.2. The van der Waals surface area contributed by atoms with Crippen molar-refractivity contribution in [2.75, 3.05) is 20.1 Å². The molecule has 0 unspecified atom stereocenters. The van der Waals surface area contributed by atoms with Crippen LogP contribution in [0.4, 0.5) is 13.2 Å². The fourth-order valence-electron chi connectivity index (χ4n) is 2.38. The average Bonchev–Trinajstić information content (AvgIpc) is 2.46. The Balaban J connectivity index is 2.09. The molecule has 1 amide bonds. The molecule has 0 bridgehead atoms. The number of likely N-dealkylation sites (tertiary alicyclic amines) is 1. The van der Waals surface area contributed by atoms with E-state index in [-0.39, 0.29) is 11.9 Å². The SMILES string of the molecule is CN[C@H]1CCCN(C(=O)c2ccc(C(F)(F)F)cc2)C1. The van der Waals surface area contributed by atoms with Crippen molar-refractivity contribution in [3.8, 4) is 0 Å². The lowest BCUT2D eigenvalue weighted by atomic mass is 10.0. The van der Waals surface area contributed by atoms with Gasteiger partial charge in [0.2, 0.25) is 0 Å². The van der Waals surface area contributed by atoms with E-state index in [0.717, 1.165) is 25.0 Å². The summed E-state index contributed by atoms with van der Waals surface area (Å²) in [5, 5.41) is 3.13. The van der Waals surface area contributed by atoms with Crippen molar-refractivity contribution in [2.45, 2.75) is 25.1 Å². The largest absolute Gasteiger partial charge is 0.416 e. The molecular weight excluding hydrogens is 269 g/mol. The van der Waals surface area contributed by atoms with E-state index in [1.807, 2.05) is 7.05 Å². The molecule has 0 aromatic heterocycles. The first-order chi connectivity index (χ1) is 9.41. The maximum absolute atomic E-state index is 12.5. The van der Waals surface area contributed by atoms with Gasteiger partial charge in [-0.05, 0) is 44.2 Å². The van der Waals surface area contributed by atoms with E-state index in [4.69, 9.17) is 0 Å². The standard InChI is InChI=1S/C14H17F3N2O/c1-18-12-3-2-8-19(9-12)13(20)10-4-6-11(7-5-10)14(15,16)17/h4-7,12,18H,2-3,8-9H2,1H3/t12-/m0/s1. The maximum atomic E-state index is 12.5. The molecule has 1 heterocycles. The van der Waals surface area contributed by atoms with Crippen molar-refractivity contribution < 1.29 is 18.0 Å². The first-order valence-electron chi connectivity index (χ1n) is 6.55. The van der Waals surface area contributed by atoms with Crippen molar-refractivity contribution in [1.82, 2.24) is 10.2 Å². The monoisotopic (exact) mass is 286 g/mol. The smallest absolute Gasteiger partial charge is 0.337 e. The van der Waals surface area contributed by atoms with Gasteiger partial charge in [-0.2, -0.15) is 13.2 Å². The summed E-state index contributed by atoms with van der Waals surface area (Å²) in [6, 6.07) is 4.64. The molecule has 110 valence electrons. The highest BCUT2D eigenvalue weighted by atomic mass is 19.4. The zero-order valence-electron chi connectivity index (χ0n) is 11.2. The summed E-state index contributed by atoms with van der Waals surface area (Å²) in [6.07, 6.45) is -2.46. The molecule has 6 heteroatoms. The van der Waals surface area contributed by atoms with Crippen molar-refractivity contribution in [3.63, 3.8) is 0 Å². The maximum Gasteiger partial charge on any atom is 0.416 e. The number of nitrogens with zero attached hydrogens (tertiary/aromatic N) is 1. The average molecular weight is 286 g/mol. The van der Waals surface area contributed by atoms with Crippen LogP contribution in [0.1, 0.15) is 28.8 Å². The van der Waals surface area contributed by atoms with Crippen LogP contribution in [0.5, 0.6) is 0 Å². The van der Waals surface area contributed by atoms with Crippen molar-refractivity contribution >= 4 is 5.91 Å². The van der Waals surface area contributed by atoms with Gasteiger partial charge in [-0.15, -0.1) is 0 Å². The van der Waals surface area contributed by atoms with Crippen LogP contribution >= 0.6 is 0 Å². The first-order valence-corrected chi connectivity index (χ1v) is 6.55. The Morgan fingerprint density at radius 2 is 1.95 bits per heavy atom. The normalized spacial score (nSPS) is 20.0. The van der Waals surface area contributed by atoms with Gasteiger partial charge in [-0.1, -0.05) is 0 Å². The number of benzene rings is 1. The van der Waals surface area contributed by atoms with Crippen LogP contribution in [0.2, 0.25) is 0 Å². The third-order valence-corrected chi connectivity index (χ3v) is 3.58. The molecule has 0 radical (unpaired) electrons. The summed E-state index contributed by atoms with van der Waals surface area (Å²) in [6.45, 7) is 1.24. The Hall–Kier alpha value is -1.56. The van der Waals surface area contributed by atoms with E-state index in [9.17, 15) is 18.0 Å². The van der Waals surface area contributed by atoms with Gasteiger partial charge in [0.1, 0.15) is 0 Å². The molecule has 1 aliphatic rings. The van der Waals surface area contributed by atoms with Gasteiger partial charge in [0.25, 0.3) is 5.91 Å². The summed E-state index contributed by atoms with van der Waals surface area (Å²) in [5.41, 5.74) is -0.435. The predicted molar refractivity (Wildman–Crippen MR) is 69.4 cm³/mol. The molecule has 1 aromatic rings. The Kier molecular flexibility index (Phi) is 4.32. The van der Waals surface area contributed by atoms with E-state index in [1.54, 1.807) is 4.90 Å². The number of nitrogens with one attached hydrogen (secondary N) is 1. The minimum atomic E-state index is -4.37. The van der Waals surface area contributed by atoms with Crippen molar-refractivity contribution in [1.29, 1.82) is 0 Å². The number of halogens is 3. The summed E-state index contributed by atoms with van der Waals surface area (Å²) < 4.78 is 37.4. The molecule has 3 nitrogen and oxygen atoms in total. The third kappa shape index (κ3) is 3.30. The molecule has 20 heavy (non-hydrogen) atoms. The van der Waals surface area contributed by atoms with Gasteiger partial charge in [-0.25, -0.2) is 0 Å². The first kappa shape index (κ1) is 14.8. The molecule has 0 spiro atoms. The number of hydrogen-bond acceptors (Lipinski definition) is 2. The lowest BCUT2D eigenvalue weighted by Gasteiger charge is -2.32. The molecule has 1 saturated heterocycles. The van der Waals surface area contributed by atoms with Crippen LogP contribution in [0.25, 0.3) is 0 Å². The molecular formula is C14H17F3N2O. The molecule has 0 aliphatic carbocycles. The second-order valence-electron chi connectivity index (χ2n) is 4.95. The Morgan fingerprint density at radius 1 is 1.30 bits per heavy atom. The molecule has 1 atom stereocenters. The Bertz CT molecular complexity index is 470. The predicted octanol–water partition coefficient (Wildman–Crippen LogP) is 2.53. The fourth-order valence-corrected chi connectivity index (χ4v) is 2.38.